The minimum atomic E-state index is -0.796. The highest BCUT2D eigenvalue weighted by Gasteiger charge is 2.53. The molecule has 2 N–H and O–H groups in total. The third kappa shape index (κ3) is 7.16. The van der Waals surface area contributed by atoms with E-state index in [1.54, 1.807) is 17.0 Å². The van der Waals surface area contributed by atoms with Crippen LogP contribution in [0.15, 0.2) is 24.3 Å². The number of benzene rings is 1. The van der Waals surface area contributed by atoms with Gasteiger partial charge in [-0.25, -0.2) is 0 Å². The Morgan fingerprint density at radius 2 is 1.44 bits per heavy atom. The number of hydrogen-bond donors (Lipinski definition) is 2. The standard InChI is InChI=1S/C29H43N5O5/c1-17(2)14-22(30-19(5)35)29(39)34-16-25(36)26-24(34)12-13-33(26)28(38)23(15-18(3)4)31-27(37)20-8-10-21(11-9-20)32(6)7/h8-11,17-18,22-24,26H,12-16H2,1-7H3,(H,30,35)(H,31,37)/t22-,23+,24-,26+/m1/s1. The van der Waals surface area contributed by atoms with Crippen LogP contribution in [0.25, 0.3) is 0 Å². The van der Waals surface area contributed by atoms with Gasteiger partial charge in [0.1, 0.15) is 18.1 Å². The Morgan fingerprint density at radius 1 is 0.897 bits per heavy atom. The molecule has 214 valence electrons. The SMILES string of the molecule is CC(=O)N[C@H](CC(C)C)C(=O)N1CC(=O)[C@@H]2[C@H]1CCN2C(=O)[C@H](CC(C)C)NC(=O)c1ccc(N(C)C)cc1. The first kappa shape index (κ1) is 30.1. The minimum Gasteiger partial charge on any atom is -0.378 e. The Kier molecular flexibility index (Phi) is 9.74. The van der Waals surface area contributed by atoms with Gasteiger partial charge in [-0.1, -0.05) is 27.7 Å². The molecule has 39 heavy (non-hydrogen) atoms. The summed E-state index contributed by atoms with van der Waals surface area (Å²) >= 11 is 0. The topological polar surface area (TPSA) is 119 Å². The van der Waals surface area contributed by atoms with E-state index in [0.29, 0.717) is 31.4 Å². The zero-order valence-electron chi connectivity index (χ0n) is 24.2. The van der Waals surface area contributed by atoms with Crippen LogP contribution >= 0.6 is 0 Å². The van der Waals surface area contributed by atoms with E-state index in [9.17, 15) is 24.0 Å². The van der Waals surface area contributed by atoms with E-state index in [1.807, 2.05) is 58.8 Å². The third-order valence-electron chi connectivity index (χ3n) is 7.33. The molecule has 4 amide bonds. The van der Waals surface area contributed by atoms with Gasteiger partial charge in [0.2, 0.25) is 17.7 Å². The number of anilines is 1. The predicted octanol–water partition coefficient (Wildman–Crippen LogP) is 1.83. The van der Waals surface area contributed by atoms with Gasteiger partial charge in [-0.3, -0.25) is 24.0 Å². The lowest BCUT2D eigenvalue weighted by molar-refractivity contribution is -0.138. The van der Waals surface area contributed by atoms with Crippen molar-refractivity contribution in [3.05, 3.63) is 29.8 Å². The van der Waals surface area contributed by atoms with Gasteiger partial charge in [0.05, 0.1) is 12.6 Å². The molecule has 10 heteroatoms. The van der Waals surface area contributed by atoms with Crippen LogP contribution in [-0.2, 0) is 19.2 Å². The second-order valence-corrected chi connectivity index (χ2v) is 11.7. The maximum atomic E-state index is 13.8. The summed E-state index contributed by atoms with van der Waals surface area (Å²) in [6.07, 6.45) is 1.35. The number of fused-ring (bicyclic) bond motifs is 1. The number of amides is 4. The van der Waals surface area contributed by atoms with Crippen molar-refractivity contribution in [3.8, 4) is 0 Å². The number of ketones is 1. The van der Waals surface area contributed by atoms with Crippen LogP contribution < -0.4 is 15.5 Å². The molecule has 10 nitrogen and oxygen atoms in total. The van der Waals surface area contributed by atoms with Crippen LogP contribution in [0.4, 0.5) is 5.69 Å². The van der Waals surface area contributed by atoms with Crippen molar-refractivity contribution in [2.75, 3.05) is 32.1 Å². The van der Waals surface area contributed by atoms with E-state index < -0.39 is 24.2 Å². The summed E-state index contributed by atoms with van der Waals surface area (Å²) in [4.78, 5) is 70.2. The van der Waals surface area contributed by atoms with Crippen LogP contribution in [0.1, 0.15) is 64.2 Å². The van der Waals surface area contributed by atoms with Crippen molar-refractivity contribution in [3.63, 3.8) is 0 Å². The fourth-order valence-corrected chi connectivity index (χ4v) is 5.54. The van der Waals surface area contributed by atoms with Crippen LogP contribution in [0.5, 0.6) is 0 Å². The van der Waals surface area contributed by atoms with Gasteiger partial charge in [0.15, 0.2) is 5.78 Å². The molecule has 1 aromatic carbocycles. The van der Waals surface area contributed by atoms with Crippen molar-refractivity contribution in [2.24, 2.45) is 11.8 Å². The lowest BCUT2D eigenvalue weighted by atomic mass is 10.0. The largest absolute Gasteiger partial charge is 0.378 e. The molecular formula is C29H43N5O5. The summed E-state index contributed by atoms with van der Waals surface area (Å²) in [5.41, 5.74) is 1.40. The Bertz CT molecular complexity index is 1080. The highest BCUT2D eigenvalue weighted by molar-refractivity contribution is 6.01. The lowest BCUT2D eigenvalue weighted by Gasteiger charge is -2.30. The number of carbonyl (C=O) groups excluding carboxylic acids is 5. The van der Waals surface area contributed by atoms with Crippen molar-refractivity contribution in [1.82, 2.24) is 20.4 Å². The number of Topliss-reactive ketones (excluding diaryl/α,β-unsaturated/α-hetero) is 1. The van der Waals surface area contributed by atoms with Gasteiger partial charge in [0, 0.05) is 38.8 Å². The molecule has 3 rings (SSSR count). The molecule has 1 aromatic rings. The molecular weight excluding hydrogens is 498 g/mol. The van der Waals surface area contributed by atoms with Gasteiger partial charge in [-0.05, 0) is 55.4 Å². The first-order valence-electron chi connectivity index (χ1n) is 13.8. The molecule has 2 aliphatic rings. The molecule has 0 aromatic heterocycles. The van der Waals surface area contributed by atoms with Crippen molar-refractivity contribution >= 4 is 35.1 Å². The summed E-state index contributed by atoms with van der Waals surface area (Å²) in [5, 5.41) is 5.63. The summed E-state index contributed by atoms with van der Waals surface area (Å²) in [6, 6.07) is 4.43. The zero-order valence-corrected chi connectivity index (χ0v) is 24.2. The summed E-state index contributed by atoms with van der Waals surface area (Å²) in [5.74, 6) is -1.15. The number of hydrogen-bond acceptors (Lipinski definition) is 6. The average molecular weight is 542 g/mol. The highest BCUT2D eigenvalue weighted by atomic mass is 16.2. The molecule has 0 unspecified atom stereocenters. The van der Waals surface area contributed by atoms with E-state index in [-0.39, 0.29) is 47.8 Å². The number of nitrogens with one attached hydrogen (secondary N) is 2. The highest BCUT2D eigenvalue weighted by Crippen LogP contribution is 2.31. The summed E-state index contributed by atoms with van der Waals surface area (Å²) in [7, 11) is 3.83. The number of rotatable bonds is 10. The summed E-state index contributed by atoms with van der Waals surface area (Å²) < 4.78 is 0. The maximum absolute atomic E-state index is 13.8. The smallest absolute Gasteiger partial charge is 0.251 e. The molecule has 0 bridgehead atoms. The Labute approximate surface area is 231 Å². The Balaban J connectivity index is 1.77. The Hall–Kier alpha value is -3.43. The van der Waals surface area contributed by atoms with E-state index >= 15 is 0 Å². The van der Waals surface area contributed by atoms with Crippen LogP contribution in [0, 0.1) is 11.8 Å². The van der Waals surface area contributed by atoms with E-state index in [1.165, 1.54) is 11.8 Å². The first-order valence-corrected chi connectivity index (χ1v) is 13.8. The van der Waals surface area contributed by atoms with Crippen LogP contribution in [0.2, 0.25) is 0 Å². The minimum absolute atomic E-state index is 0.0917. The van der Waals surface area contributed by atoms with Gasteiger partial charge >= 0.3 is 0 Å². The molecule has 4 atom stereocenters. The van der Waals surface area contributed by atoms with Gasteiger partial charge < -0.3 is 25.3 Å². The van der Waals surface area contributed by atoms with Crippen molar-refractivity contribution in [1.29, 1.82) is 0 Å². The molecule has 2 fully saturated rings. The van der Waals surface area contributed by atoms with Crippen molar-refractivity contribution < 1.29 is 24.0 Å². The molecule has 0 radical (unpaired) electrons. The van der Waals surface area contributed by atoms with E-state index in [0.717, 1.165) is 5.69 Å². The monoisotopic (exact) mass is 541 g/mol. The predicted molar refractivity (Wildman–Crippen MR) is 149 cm³/mol. The van der Waals surface area contributed by atoms with Crippen molar-refractivity contribution in [2.45, 2.75) is 78.0 Å². The second-order valence-electron chi connectivity index (χ2n) is 11.7. The normalized spacial score (nSPS) is 20.2. The average Bonchev–Trinajstić information content (AvgIpc) is 3.42. The molecule has 2 saturated heterocycles. The quantitative estimate of drug-likeness (QED) is 0.467. The van der Waals surface area contributed by atoms with Crippen LogP contribution in [-0.4, -0.2) is 90.6 Å². The van der Waals surface area contributed by atoms with Gasteiger partial charge in [0.25, 0.3) is 5.91 Å². The molecule has 0 aliphatic carbocycles. The van der Waals surface area contributed by atoms with Gasteiger partial charge in [-0.15, -0.1) is 0 Å². The first-order chi connectivity index (χ1) is 18.3. The summed E-state index contributed by atoms with van der Waals surface area (Å²) in [6.45, 7) is 9.48. The zero-order chi connectivity index (χ0) is 29.0. The lowest BCUT2D eigenvalue weighted by Crippen LogP contribution is -2.53. The second kappa shape index (κ2) is 12.6. The maximum Gasteiger partial charge on any atom is 0.251 e. The third-order valence-corrected chi connectivity index (χ3v) is 7.33. The number of likely N-dealkylation sites (tertiary alicyclic amines) is 2. The molecule has 2 aliphatic heterocycles. The fourth-order valence-electron chi connectivity index (χ4n) is 5.54. The van der Waals surface area contributed by atoms with Gasteiger partial charge in [-0.2, -0.15) is 0 Å². The van der Waals surface area contributed by atoms with E-state index in [2.05, 4.69) is 10.6 Å². The molecule has 2 heterocycles. The Morgan fingerprint density at radius 3 is 1.95 bits per heavy atom. The molecule has 0 spiro atoms. The van der Waals surface area contributed by atoms with Crippen LogP contribution in [0.3, 0.4) is 0 Å². The number of nitrogens with zero attached hydrogens (tertiary/aromatic N) is 3. The molecule has 0 saturated carbocycles. The number of carbonyl (C=O) groups is 5. The fraction of sp³-hybridized carbons (Fsp3) is 0.621. The van der Waals surface area contributed by atoms with E-state index in [4.69, 9.17) is 0 Å².